The minimum Gasteiger partial charge on any atom is -0.469 e. The van der Waals surface area contributed by atoms with Crippen LogP contribution >= 0.6 is 0 Å². The van der Waals surface area contributed by atoms with Gasteiger partial charge in [-0.05, 0) is 31.2 Å². The first-order chi connectivity index (χ1) is 12.7. The number of rotatable bonds is 6. The van der Waals surface area contributed by atoms with Gasteiger partial charge in [0.15, 0.2) is 0 Å². The number of furan rings is 1. The highest BCUT2D eigenvalue weighted by Crippen LogP contribution is 2.19. The molecule has 8 nitrogen and oxygen atoms in total. The number of halogens is 1. The number of aryl methyl sites for hydroxylation is 1. The summed E-state index contributed by atoms with van der Waals surface area (Å²) in [5, 5.41) is 0. The van der Waals surface area contributed by atoms with Gasteiger partial charge in [0, 0.05) is 13.1 Å². The number of carbonyl (C=O) groups is 2. The summed E-state index contributed by atoms with van der Waals surface area (Å²) in [6.07, 6.45) is 1.31. The van der Waals surface area contributed by atoms with Crippen LogP contribution in [0.25, 0.3) is 0 Å². The average Bonchev–Trinajstić information content (AvgIpc) is 3.06. The number of hydrogen-bond acceptors (Lipinski definition) is 5. The maximum atomic E-state index is 14.0. The molecule has 0 aliphatic heterocycles. The molecule has 0 bridgehead atoms. The quantitative estimate of drug-likeness (QED) is 0.723. The van der Waals surface area contributed by atoms with Gasteiger partial charge in [-0.1, -0.05) is 13.8 Å². The Hall–Kier alpha value is -2.72. The topological polar surface area (TPSA) is 109 Å². The number of hydrazine groups is 1. The molecule has 2 N–H and O–H groups in total. The van der Waals surface area contributed by atoms with Crippen LogP contribution in [0.15, 0.2) is 39.8 Å². The second-order valence-corrected chi connectivity index (χ2v) is 7.47. The minimum atomic E-state index is -3.86. The molecule has 1 heterocycles. The van der Waals surface area contributed by atoms with Crippen LogP contribution in [0, 0.1) is 12.7 Å². The third-order valence-electron chi connectivity index (χ3n) is 3.92. The van der Waals surface area contributed by atoms with Gasteiger partial charge in [0.2, 0.25) is 10.0 Å². The van der Waals surface area contributed by atoms with Crippen LogP contribution < -0.4 is 10.9 Å². The molecule has 0 saturated carbocycles. The van der Waals surface area contributed by atoms with Gasteiger partial charge in [0.25, 0.3) is 11.8 Å². The number of nitrogens with zero attached hydrogens (tertiary/aromatic N) is 1. The molecule has 0 aliphatic rings. The van der Waals surface area contributed by atoms with Gasteiger partial charge < -0.3 is 4.42 Å². The minimum absolute atomic E-state index is 0.202. The van der Waals surface area contributed by atoms with Crippen molar-refractivity contribution in [3.8, 4) is 0 Å². The molecule has 146 valence electrons. The highest BCUT2D eigenvalue weighted by molar-refractivity contribution is 7.89. The standard InChI is InChI=1S/C17H20FN3O5S/c1-4-21(5-2)27(24,25)12-6-7-15(18)14(10-12)17(23)20-19-16(22)13-8-9-26-11(13)3/h6-10H,4-5H2,1-3H3,(H,19,22)(H,20,23). The van der Waals surface area contributed by atoms with Crippen molar-refractivity contribution >= 4 is 21.8 Å². The fraction of sp³-hybridized carbons (Fsp3) is 0.294. The van der Waals surface area contributed by atoms with Crippen LogP contribution in [-0.2, 0) is 10.0 Å². The first kappa shape index (κ1) is 20.6. The molecular weight excluding hydrogens is 377 g/mol. The zero-order valence-electron chi connectivity index (χ0n) is 15.1. The lowest BCUT2D eigenvalue weighted by Crippen LogP contribution is -2.42. The van der Waals surface area contributed by atoms with Gasteiger partial charge >= 0.3 is 0 Å². The lowest BCUT2D eigenvalue weighted by molar-refractivity contribution is 0.0843. The fourth-order valence-corrected chi connectivity index (χ4v) is 3.90. The van der Waals surface area contributed by atoms with Crippen LogP contribution in [-0.4, -0.2) is 37.6 Å². The van der Waals surface area contributed by atoms with Gasteiger partial charge in [-0.3, -0.25) is 20.4 Å². The molecule has 27 heavy (non-hydrogen) atoms. The molecule has 1 aromatic heterocycles. The van der Waals surface area contributed by atoms with E-state index in [1.165, 1.54) is 16.6 Å². The molecular formula is C17H20FN3O5S. The van der Waals surface area contributed by atoms with Gasteiger partial charge in [-0.25, -0.2) is 12.8 Å². The molecule has 0 radical (unpaired) electrons. The molecule has 0 saturated heterocycles. The van der Waals surface area contributed by atoms with Crippen LogP contribution in [0.3, 0.4) is 0 Å². The van der Waals surface area contributed by atoms with Gasteiger partial charge in [0.05, 0.1) is 22.3 Å². The van der Waals surface area contributed by atoms with Crippen molar-refractivity contribution in [2.75, 3.05) is 13.1 Å². The average molecular weight is 397 g/mol. The molecule has 0 aliphatic carbocycles. The van der Waals surface area contributed by atoms with Crippen LogP contribution in [0.5, 0.6) is 0 Å². The summed E-state index contributed by atoms with van der Waals surface area (Å²) < 4.78 is 45.3. The number of nitrogens with one attached hydrogen (secondary N) is 2. The number of carbonyl (C=O) groups excluding carboxylic acids is 2. The van der Waals surface area contributed by atoms with Crippen molar-refractivity contribution in [3.63, 3.8) is 0 Å². The van der Waals surface area contributed by atoms with E-state index in [4.69, 9.17) is 4.42 Å². The zero-order chi connectivity index (χ0) is 20.2. The second kappa shape index (κ2) is 8.31. The van der Waals surface area contributed by atoms with Gasteiger partial charge in [-0.2, -0.15) is 4.31 Å². The Morgan fingerprint density at radius 1 is 1.07 bits per heavy atom. The summed E-state index contributed by atoms with van der Waals surface area (Å²) in [6, 6.07) is 4.34. The summed E-state index contributed by atoms with van der Waals surface area (Å²) in [4.78, 5) is 24.0. The predicted octanol–water partition coefficient (Wildman–Crippen LogP) is 1.83. The molecule has 2 rings (SSSR count). The van der Waals surface area contributed by atoms with E-state index >= 15 is 0 Å². The SMILES string of the molecule is CCN(CC)S(=O)(=O)c1ccc(F)c(C(=O)NNC(=O)c2ccoc2C)c1. The summed E-state index contributed by atoms with van der Waals surface area (Å²) in [6.45, 7) is 5.38. The van der Waals surface area contributed by atoms with E-state index in [1.54, 1.807) is 20.8 Å². The van der Waals surface area contributed by atoms with E-state index in [9.17, 15) is 22.4 Å². The summed E-state index contributed by atoms with van der Waals surface area (Å²) in [7, 11) is -3.86. The van der Waals surface area contributed by atoms with Crippen molar-refractivity contribution in [2.45, 2.75) is 25.7 Å². The third kappa shape index (κ3) is 4.34. The zero-order valence-corrected chi connectivity index (χ0v) is 15.9. The number of benzene rings is 1. The highest BCUT2D eigenvalue weighted by atomic mass is 32.2. The lowest BCUT2D eigenvalue weighted by Gasteiger charge is -2.19. The van der Waals surface area contributed by atoms with Crippen molar-refractivity contribution in [1.29, 1.82) is 0 Å². The molecule has 1 aromatic carbocycles. The number of hydrogen-bond donors (Lipinski definition) is 2. The maximum Gasteiger partial charge on any atom is 0.273 e. The van der Waals surface area contributed by atoms with Crippen LogP contribution in [0.4, 0.5) is 4.39 Å². The first-order valence-corrected chi connectivity index (χ1v) is 9.60. The van der Waals surface area contributed by atoms with Crippen molar-refractivity contribution in [2.24, 2.45) is 0 Å². The molecule has 10 heteroatoms. The summed E-state index contributed by atoms with van der Waals surface area (Å²) in [5.41, 5.74) is 3.89. The number of amides is 2. The van der Waals surface area contributed by atoms with Crippen LogP contribution in [0.1, 0.15) is 40.3 Å². The lowest BCUT2D eigenvalue weighted by atomic mass is 10.2. The molecule has 2 aromatic rings. The van der Waals surface area contributed by atoms with Gasteiger partial charge in [0.1, 0.15) is 11.6 Å². The Balaban J connectivity index is 2.21. The van der Waals surface area contributed by atoms with E-state index < -0.39 is 33.2 Å². The Kier molecular flexibility index (Phi) is 6.34. The molecule has 2 amide bonds. The van der Waals surface area contributed by atoms with Crippen molar-refractivity contribution in [1.82, 2.24) is 15.2 Å². The van der Waals surface area contributed by atoms with E-state index in [0.29, 0.717) is 5.76 Å². The fourth-order valence-electron chi connectivity index (χ4n) is 2.42. The smallest absolute Gasteiger partial charge is 0.273 e. The van der Waals surface area contributed by atoms with Gasteiger partial charge in [-0.15, -0.1) is 0 Å². The summed E-state index contributed by atoms with van der Waals surface area (Å²) >= 11 is 0. The highest BCUT2D eigenvalue weighted by Gasteiger charge is 2.24. The van der Waals surface area contributed by atoms with Crippen molar-refractivity contribution < 1.29 is 26.8 Å². The Morgan fingerprint density at radius 2 is 1.67 bits per heavy atom. The second-order valence-electron chi connectivity index (χ2n) is 5.53. The van der Waals surface area contributed by atoms with E-state index in [-0.39, 0.29) is 23.5 Å². The Bertz CT molecular complexity index is 951. The summed E-state index contributed by atoms with van der Waals surface area (Å²) in [5.74, 6) is -2.21. The van der Waals surface area contributed by atoms with E-state index in [1.807, 2.05) is 0 Å². The first-order valence-electron chi connectivity index (χ1n) is 8.16. The third-order valence-corrected chi connectivity index (χ3v) is 5.96. The molecule has 0 fully saturated rings. The van der Waals surface area contributed by atoms with E-state index in [2.05, 4.69) is 10.9 Å². The normalized spacial score (nSPS) is 11.4. The van der Waals surface area contributed by atoms with Crippen LogP contribution in [0.2, 0.25) is 0 Å². The number of sulfonamides is 1. The Labute approximate surface area is 156 Å². The monoisotopic (exact) mass is 397 g/mol. The Morgan fingerprint density at radius 3 is 2.19 bits per heavy atom. The van der Waals surface area contributed by atoms with Crippen molar-refractivity contribution in [3.05, 3.63) is 53.2 Å². The van der Waals surface area contributed by atoms with E-state index in [0.717, 1.165) is 18.2 Å². The predicted molar refractivity (Wildman–Crippen MR) is 94.9 cm³/mol. The largest absolute Gasteiger partial charge is 0.469 e. The maximum absolute atomic E-state index is 14.0. The molecule has 0 spiro atoms. The molecule has 0 unspecified atom stereocenters. The molecule has 0 atom stereocenters.